The lowest BCUT2D eigenvalue weighted by Crippen LogP contribution is -2.21. The van der Waals surface area contributed by atoms with E-state index < -0.39 is 0 Å². The largest absolute Gasteiger partial charge is 0.372 e. The highest BCUT2D eigenvalue weighted by Gasteiger charge is 2.21. The molecule has 86 valence electrons. The first-order valence-corrected chi connectivity index (χ1v) is 5.15. The van der Waals surface area contributed by atoms with Gasteiger partial charge >= 0.3 is 0 Å². The Labute approximate surface area is 93.5 Å². The van der Waals surface area contributed by atoms with Gasteiger partial charge in [0.25, 0.3) is 0 Å². The van der Waals surface area contributed by atoms with Crippen LogP contribution in [0.1, 0.15) is 20.8 Å². The molecule has 0 unspecified atom stereocenters. The van der Waals surface area contributed by atoms with Crippen LogP contribution in [0.4, 0.5) is 10.2 Å². The highest BCUT2D eigenvalue weighted by Crippen LogP contribution is 2.28. The van der Waals surface area contributed by atoms with E-state index in [1.807, 2.05) is 25.3 Å². The molecule has 0 saturated heterocycles. The first-order valence-electron chi connectivity index (χ1n) is 5.15. The second-order valence-corrected chi connectivity index (χ2v) is 4.69. The van der Waals surface area contributed by atoms with Crippen molar-refractivity contribution in [3.05, 3.63) is 18.3 Å². The molecule has 0 aromatic carbocycles. The Morgan fingerprint density at radius 2 is 2.00 bits per heavy atom. The summed E-state index contributed by atoms with van der Waals surface area (Å²) in [7, 11) is 1.72. The SMILES string of the molecule is CNc1ncnc2c1c(F)cn2C(C)(C)C. The molecular weight excluding hydrogens is 207 g/mol. The fourth-order valence-electron chi connectivity index (χ4n) is 1.72. The Hall–Kier alpha value is -1.65. The molecule has 0 radical (unpaired) electrons. The Balaban J connectivity index is 2.82. The van der Waals surface area contributed by atoms with Gasteiger partial charge in [0, 0.05) is 18.8 Å². The standard InChI is InChI=1S/C11H15FN4/c1-11(2,3)16-5-7(12)8-9(13-4)14-6-15-10(8)16/h5-6H,1-4H3,(H,13,14,15). The van der Waals surface area contributed by atoms with Gasteiger partial charge < -0.3 is 9.88 Å². The lowest BCUT2D eigenvalue weighted by atomic mass is 10.1. The zero-order chi connectivity index (χ0) is 11.9. The summed E-state index contributed by atoms with van der Waals surface area (Å²) in [6.45, 7) is 6.02. The van der Waals surface area contributed by atoms with Gasteiger partial charge in [-0.3, -0.25) is 0 Å². The zero-order valence-corrected chi connectivity index (χ0v) is 9.87. The average Bonchev–Trinajstić information content (AvgIpc) is 2.56. The Kier molecular flexibility index (Phi) is 2.33. The van der Waals surface area contributed by atoms with Crippen molar-refractivity contribution in [2.24, 2.45) is 0 Å². The van der Waals surface area contributed by atoms with Crippen molar-refractivity contribution in [1.82, 2.24) is 14.5 Å². The van der Waals surface area contributed by atoms with Gasteiger partial charge in [0.2, 0.25) is 0 Å². The maximum Gasteiger partial charge on any atom is 0.154 e. The third-order valence-electron chi connectivity index (χ3n) is 2.50. The third-order valence-corrected chi connectivity index (χ3v) is 2.50. The second-order valence-electron chi connectivity index (χ2n) is 4.69. The molecule has 2 aromatic rings. The van der Waals surface area contributed by atoms with Gasteiger partial charge in [-0.25, -0.2) is 14.4 Å². The summed E-state index contributed by atoms with van der Waals surface area (Å²) in [5.41, 5.74) is 0.409. The number of hydrogen-bond acceptors (Lipinski definition) is 3. The third kappa shape index (κ3) is 1.52. The van der Waals surface area contributed by atoms with Crippen molar-refractivity contribution in [2.45, 2.75) is 26.3 Å². The molecule has 1 N–H and O–H groups in total. The molecule has 16 heavy (non-hydrogen) atoms. The predicted octanol–water partition coefficient (Wildman–Crippen LogP) is 2.37. The van der Waals surface area contributed by atoms with Crippen LogP contribution in [0.5, 0.6) is 0 Å². The molecule has 0 spiro atoms. The van der Waals surface area contributed by atoms with E-state index in [2.05, 4.69) is 15.3 Å². The lowest BCUT2D eigenvalue weighted by molar-refractivity contribution is 0.404. The van der Waals surface area contributed by atoms with E-state index >= 15 is 0 Å². The zero-order valence-electron chi connectivity index (χ0n) is 9.87. The van der Waals surface area contributed by atoms with E-state index in [0.717, 1.165) is 0 Å². The Bertz CT molecular complexity index is 524. The summed E-state index contributed by atoms with van der Waals surface area (Å²) in [4.78, 5) is 8.15. The molecule has 2 heterocycles. The Morgan fingerprint density at radius 1 is 1.31 bits per heavy atom. The van der Waals surface area contributed by atoms with Gasteiger partial charge in [-0.2, -0.15) is 0 Å². The minimum Gasteiger partial charge on any atom is -0.372 e. The van der Waals surface area contributed by atoms with Crippen LogP contribution in [0.25, 0.3) is 11.0 Å². The van der Waals surface area contributed by atoms with Crippen LogP contribution in [0.2, 0.25) is 0 Å². The average molecular weight is 222 g/mol. The number of nitrogens with one attached hydrogen (secondary N) is 1. The van der Waals surface area contributed by atoms with Crippen molar-refractivity contribution in [1.29, 1.82) is 0 Å². The van der Waals surface area contributed by atoms with E-state index in [1.165, 1.54) is 12.5 Å². The minimum atomic E-state index is -0.296. The van der Waals surface area contributed by atoms with Crippen LogP contribution in [-0.4, -0.2) is 21.6 Å². The van der Waals surface area contributed by atoms with Gasteiger partial charge in [-0.05, 0) is 20.8 Å². The van der Waals surface area contributed by atoms with Gasteiger partial charge in [0.1, 0.15) is 17.8 Å². The number of nitrogens with zero attached hydrogens (tertiary/aromatic N) is 3. The van der Waals surface area contributed by atoms with Crippen molar-refractivity contribution in [3.8, 4) is 0 Å². The molecule has 4 nitrogen and oxygen atoms in total. The fraction of sp³-hybridized carbons (Fsp3) is 0.455. The normalized spacial score (nSPS) is 12.1. The maximum atomic E-state index is 13.8. The molecule has 0 saturated carbocycles. The Morgan fingerprint density at radius 3 is 2.56 bits per heavy atom. The topological polar surface area (TPSA) is 42.7 Å². The van der Waals surface area contributed by atoms with Crippen LogP contribution in [-0.2, 0) is 5.54 Å². The van der Waals surface area contributed by atoms with Crippen LogP contribution in [0, 0.1) is 5.82 Å². The highest BCUT2D eigenvalue weighted by atomic mass is 19.1. The molecular formula is C11H15FN4. The summed E-state index contributed by atoms with van der Waals surface area (Å²) in [6, 6.07) is 0. The van der Waals surface area contributed by atoms with E-state index in [0.29, 0.717) is 16.9 Å². The number of halogens is 1. The number of fused-ring (bicyclic) bond motifs is 1. The summed E-state index contributed by atoms with van der Waals surface area (Å²) >= 11 is 0. The maximum absolute atomic E-state index is 13.8. The van der Waals surface area contributed by atoms with Crippen molar-refractivity contribution >= 4 is 16.9 Å². The molecule has 2 rings (SSSR count). The number of rotatable bonds is 1. The fourth-order valence-corrected chi connectivity index (χ4v) is 1.72. The summed E-state index contributed by atoms with van der Waals surface area (Å²) in [5, 5.41) is 3.32. The van der Waals surface area contributed by atoms with E-state index in [-0.39, 0.29) is 11.4 Å². The summed E-state index contributed by atoms with van der Waals surface area (Å²) in [5.74, 6) is 0.223. The quantitative estimate of drug-likeness (QED) is 0.805. The molecule has 0 aliphatic rings. The number of anilines is 1. The number of hydrogen-bond donors (Lipinski definition) is 1. The molecule has 0 aliphatic carbocycles. The molecule has 0 amide bonds. The van der Waals surface area contributed by atoms with E-state index in [4.69, 9.17) is 0 Å². The monoisotopic (exact) mass is 222 g/mol. The van der Waals surface area contributed by atoms with Gasteiger partial charge in [-0.15, -0.1) is 0 Å². The first kappa shape index (κ1) is 10.9. The molecule has 0 fully saturated rings. The van der Waals surface area contributed by atoms with Gasteiger partial charge in [0.05, 0.1) is 5.39 Å². The number of aromatic nitrogens is 3. The lowest BCUT2D eigenvalue weighted by Gasteiger charge is -2.21. The van der Waals surface area contributed by atoms with Crippen LogP contribution in [0.15, 0.2) is 12.5 Å². The first-order chi connectivity index (χ1) is 7.45. The molecule has 0 atom stereocenters. The van der Waals surface area contributed by atoms with Crippen LogP contribution in [0.3, 0.4) is 0 Å². The highest BCUT2D eigenvalue weighted by molar-refractivity contribution is 5.88. The molecule has 0 bridgehead atoms. The molecule has 2 aromatic heterocycles. The molecule has 0 aliphatic heterocycles. The predicted molar refractivity (Wildman–Crippen MR) is 62.0 cm³/mol. The van der Waals surface area contributed by atoms with Crippen LogP contribution < -0.4 is 5.32 Å². The minimum absolute atomic E-state index is 0.206. The van der Waals surface area contributed by atoms with Gasteiger partial charge in [-0.1, -0.05) is 0 Å². The molecule has 5 heteroatoms. The second kappa shape index (κ2) is 3.43. The van der Waals surface area contributed by atoms with E-state index in [1.54, 1.807) is 7.05 Å². The smallest absolute Gasteiger partial charge is 0.154 e. The van der Waals surface area contributed by atoms with Crippen molar-refractivity contribution in [3.63, 3.8) is 0 Å². The van der Waals surface area contributed by atoms with E-state index in [9.17, 15) is 4.39 Å². The van der Waals surface area contributed by atoms with Crippen LogP contribution >= 0.6 is 0 Å². The summed E-state index contributed by atoms with van der Waals surface area (Å²) < 4.78 is 15.7. The van der Waals surface area contributed by atoms with Gasteiger partial charge in [0.15, 0.2) is 5.82 Å². The summed E-state index contributed by atoms with van der Waals surface area (Å²) in [6.07, 6.45) is 2.91. The van der Waals surface area contributed by atoms with Crippen molar-refractivity contribution < 1.29 is 4.39 Å². The van der Waals surface area contributed by atoms with Crippen molar-refractivity contribution in [2.75, 3.05) is 12.4 Å².